The van der Waals surface area contributed by atoms with E-state index in [1.807, 2.05) is 110 Å². The van der Waals surface area contributed by atoms with Crippen molar-refractivity contribution in [2.24, 2.45) is 0 Å². The molecule has 33 heavy (non-hydrogen) atoms. The first kappa shape index (κ1) is 22.2. The van der Waals surface area contributed by atoms with E-state index in [0.717, 1.165) is 16.7 Å². The molecule has 4 rings (SSSR count). The van der Waals surface area contributed by atoms with Gasteiger partial charge in [-0.1, -0.05) is 95.6 Å². The average Bonchev–Trinajstić information content (AvgIpc) is 3.33. The molecule has 5 heteroatoms. The lowest BCUT2D eigenvalue weighted by molar-refractivity contribution is -0.128. The van der Waals surface area contributed by atoms with E-state index in [-0.39, 0.29) is 11.9 Å². The van der Waals surface area contributed by atoms with Crippen molar-refractivity contribution in [2.45, 2.75) is 26.3 Å². The summed E-state index contributed by atoms with van der Waals surface area (Å²) in [5.41, 5.74) is 4.14. The maximum atomic E-state index is 13.2. The van der Waals surface area contributed by atoms with Crippen molar-refractivity contribution in [2.75, 3.05) is 6.54 Å². The molecule has 0 bridgehead atoms. The van der Waals surface area contributed by atoms with E-state index in [1.165, 1.54) is 5.56 Å². The van der Waals surface area contributed by atoms with Gasteiger partial charge in [0.05, 0.1) is 6.04 Å². The first-order valence-electron chi connectivity index (χ1n) is 11.1. The first-order chi connectivity index (χ1) is 16.1. The molecule has 0 fully saturated rings. The minimum Gasteiger partial charge on any atom is -0.339 e. The maximum Gasteiger partial charge on any atom is 0.247 e. The van der Waals surface area contributed by atoms with Gasteiger partial charge in [-0.2, -0.15) is 4.98 Å². The molecule has 0 saturated heterocycles. The summed E-state index contributed by atoms with van der Waals surface area (Å²) in [7, 11) is 0. The largest absolute Gasteiger partial charge is 0.339 e. The standard InChI is InChI=1S/C28H27N3O2/c1-21-13-16-25(17-14-21)28-29-26(33-30-28)19-20-31(22(2)24-11-7-4-8-12-24)27(32)18-15-23-9-5-3-6-10-23/h3-18,22H,19-20H2,1-2H3/b18-15+/t22-/m0/s1. The third kappa shape index (κ3) is 5.83. The van der Waals surface area contributed by atoms with Crippen LogP contribution in [0.1, 0.15) is 35.5 Å². The monoisotopic (exact) mass is 437 g/mol. The van der Waals surface area contributed by atoms with Gasteiger partial charge in [-0.15, -0.1) is 0 Å². The van der Waals surface area contributed by atoms with Gasteiger partial charge in [0.2, 0.25) is 17.6 Å². The number of aromatic nitrogens is 2. The Morgan fingerprint density at radius 3 is 2.33 bits per heavy atom. The zero-order chi connectivity index (χ0) is 23.0. The highest BCUT2D eigenvalue weighted by molar-refractivity contribution is 5.92. The van der Waals surface area contributed by atoms with Crippen LogP contribution >= 0.6 is 0 Å². The molecule has 5 nitrogen and oxygen atoms in total. The topological polar surface area (TPSA) is 59.2 Å². The summed E-state index contributed by atoms with van der Waals surface area (Å²) in [4.78, 5) is 19.6. The van der Waals surface area contributed by atoms with E-state index in [4.69, 9.17) is 4.52 Å². The third-order valence-electron chi connectivity index (χ3n) is 5.59. The van der Waals surface area contributed by atoms with Crippen LogP contribution in [0.5, 0.6) is 0 Å². The highest BCUT2D eigenvalue weighted by atomic mass is 16.5. The normalized spacial score (nSPS) is 12.1. The quantitative estimate of drug-likeness (QED) is 0.323. The summed E-state index contributed by atoms with van der Waals surface area (Å²) in [6.07, 6.45) is 3.94. The van der Waals surface area contributed by atoms with Crippen LogP contribution in [0.25, 0.3) is 17.5 Å². The van der Waals surface area contributed by atoms with Gasteiger partial charge in [0.1, 0.15) is 0 Å². The summed E-state index contributed by atoms with van der Waals surface area (Å²) < 4.78 is 5.48. The number of hydrogen-bond donors (Lipinski definition) is 0. The molecule has 0 aliphatic carbocycles. The van der Waals surface area contributed by atoms with Gasteiger partial charge in [-0.25, -0.2) is 0 Å². The molecule has 4 aromatic rings. The van der Waals surface area contributed by atoms with Gasteiger partial charge >= 0.3 is 0 Å². The van der Waals surface area contributed by atoms with Crippen molar-refractivity contribution >= 4 is 12.0 Å². The molecule has 166 valence electrons. The number of aryl methyl sites for hydroxylation is 1. The summed E-state index contributed by atoms with van der Waals surface area (Å²) in [6, 6.07) is 27.7. The van der Waals surface area contributed by atoms with Crippen molar-refractivity contribution in [3.05, 3.63) is 114 Å². The maximum absolute atomic E-state index is 13.2. The Bertz CT molecular complexity index is 1200. The Labute approximate surface area is 194 Å². The molecule has 0 radical (unpaired) electrons. The molecular formula is C28H27N3O2. The number of carbonyl (C=O) groups is 1. The Kier molecular flexibility index (Phi) is 7.10. The van der Waals surface area contributed by atoms with E-state index in [9.17, 15) is 4.79 Å². The average molecular weight is 438 g/mol. The zero-order valence-corrected chi connectivity index (χ0v) is 18.9. The van der Waals surface area contributed by atoms with Crippen molar-refractivity contribution < 1.29 is 9.32 Å². The smallest absolute Gasteiger partial charge is 0.247 e. The Balaban J connectivity index is 1.50. The fourth-order valence-electron chi connectivity index (χ4n) is 3.63. The van der Waals surface area contributed by atoms with Crippen LogP contribution in [0.3, 0.4) is 0 Å². The molecule has 1 heterocycles. The zero-order valence-electron chi connectivity index (χ0n) is 18.9. The Morgan fingerprint density at radius 1 is 0.970 bits per heavy atom. The Hall–Kier alpha value is -3.99. The van der Waals surface area contributed by atoms with E-state index in [2.05, 4.69) is 10.1 Å². The minimum atomic E-state index is -0.0985. The van der Waals surface area contributed by atoms with Gasteiger partial charge in [0.25, 0.3) is 0 Å². The van der Waals surface area contributed by atoms with Crippen LogP contribution in [0.2, 0.25) is 0 Å². The van der Waals surface area contributed by atoms with Crippen LogP contribution in [-0.4, -0.2) is 27.5 Å². The lowest BCUT2D eigenvalue weighted by Crippen LogP contribution is -2.34. The highest BCUT2D eigenvalue weighted by Crippen LogP contribution is 2.22. The van der Waals surface area contributed by atoms with Gasteiger partial charge in [0.15, 0.2) is 0 Å². The predicted octanol–water partition coefficient (Wildman–Crippen LogP) is 5.89. The van der Waals surface area contributed by atoms with Crippen molar-refractivity contribution in [1.82, 2.24) is 15.0 Å². The first-order valence-corrected chi connectivity index (χ1v) is 11.1. The van der Waals surface area contributed by atoms with Gasteiger partial charge in [-0.3, -0.25) is 4.79 Å². The second-order valence-corrected chi connectivity index (χ2v) is 7.99. The third-order valence-corrected chi connectivity index (χ3v) is 5.59. The van der Waals surface area contributed by atoms with Crippen molar-refractivity contribution in [3.8, 4) is 11.4 Å². The predicted molar refractivity (Wildman–Crippen MR) is 130 cm³/mol. The number of rotatable bonds is 8. The molecule has 3 aromatic carbocycles. The number of hydrogen-bond acceptors (Lipinski definition) is 4. The molecule has 1 amide bonds. The fraction of sp³-hybridized carbons (Fsp3) is 0.179. The molecular weight excluding hydrogens is 410 g/mol. The second-order valence-electron chi connectivity index (χ2n) is 7.99. The fourth-order valence-corrected chi connectivity index (χ4v) is 3.63. The number of carbonyl (C=O) groups excluding carboxylic acids is 1. The molecule has 0 saturated carbocycles. The molecule has 0 N–H and O–H groups in total. The molecule has 0 aliphatic rings. The van der Waals surface area contributed by atoms with E-state index < -0.39 is 0 Å². The van der Waals surface area contributed by atoms with Gasteiger partial charge in [0, 0.05) is 24.6 Å². The molecule has 1 aromatic heterocycles. The van der Waals surface area contributed by atoms with Gasteiger partial charge < -0.3 is 9.42 Å². The van der Waals surface area contributed by atoms with Crippen LogP contribution in [0.15, 0.2) is 95.5 Å². The molecule has 0 unspecified atom stereocenters. The van der Waals surface area contributed by atoms with Gasteiger partial charge in [-0.05, 0) is 31.1 Å². The molecule has 0 spiro atoms. The van der Waals surface area contributed by atoms with Crippen molar-refractivity contribution in [3.63, 3.8) is 0 Å². The summed E-state index contributed by atoms with van der Waals surface area (Å²) in [6.45, 7) is 4.54. The number of benzene rings is 3. The van der Waals surface area contributed by atoms with Crippen LogP contribution in [-0.2, 0) is 11.2 Å². The highest BCUT2D eigenvalue weighted by Gasteiger charge is 2.21. The number of amides is 1. The lowest BCUT2D eigenvalue weighted by Gasteiger charge is -2.28. The van der Waals surface area contributed by atoms with Crippen molar-refractivity contribution in [1.29, 1.82) is 0 Å². The van der Waals surface area contributed by atoms with Crippen LogP contribution < -0.4 is 0 Å². The minimum absolute atomic E-state index is 0.0616. The summed E-state index contributed by atoms with van der Waals surface area (Å²) in [5.74, 6) is 1.01. The second kappa shape index (κ2) is 10.6. The van der Waals surface area contributed by atoms with Crippen LogP contribution in [0.4, 0.5) is 0 Å². The Morgan fingerprint density at radius 2 is 1.64 bits per heavy atom. The van der Waals surface area contributed by atoms with E-state index in [1.54, 1.807) is 6.08 Å². The summed E-state index contributed by atoms with van der Waals surface area (Å²) >= 11 is 0. The summed E-state index contributed by atoms with van der Waals surface area (Å²) in [5, 5.41) is 4.11. The van der Waals surface area contributed by atoms with Crippen LogP contribution in [0, 0.1) is 6.92 Å². The lowest BCUT2D eigenvalue weighted by atomic mass is 10.1. The van der Waals surface area contributed by atoms with E-state index >= 15 is 0 Å². The number of nitrogens with zero attached hydrogens (tertiary/aromatic N) is 3. The van der Waals surface area contributed by atoms with E-state index in [0.29, 0.717) is 24.7 Å². The molecule has 1 atom stereocenters. The SMILES string of the molecule is Cc1ccc(-c2noc(CCN(C(=O)/C=C/c3ccccc3)[C@@H](C)c3ccccc3)n2)cc1. The molecule has 0 aliphatic heterocycles.